The Balaban J connectivity index is 1.53. The Hall–Kier alpha value is -4.41. The molecule has 0 aromatic heterocycles. The van der Waals surface area contributed by atoms with Crippen molar-refractivity contribution in [2.75, 3.05) is 4.90 Å². The number of nitrogens with zero attached hydrogens (tertiary/aromatic N) is 2. The monoisotopic (exact) mass is 546 g/mol. The standard InChI is InChI=1S/C29H23FN2O6S/c1-19(33)38-25-13-11-24(12-14-25)32-28(34)17-27(29(32)35)31(18-20-6-9-23(30)10-7-20)39(36,37)26-15-8-21-4-2-3-5-22(21)16-26/h2-16,27H,17-18H2,1H3. The fraction of sp³-hybridized carbons (Fsp3) is 0.138. The van der Waals surface area contributed by atoms with Crippen LogP contribution in [-0.2, 0) is 31.0 Å². The summed E-state index contributed by atoms with van der Waals surface area (Å²) in [6.07, 6.45) is -0.376. The van der Waals surface area contributed by atoms with Crippen molar-refractivity contribution < 1.29 is 31.9 Å². The molecule has 5 rings (SSSR count). The van der Waals surface area contributed by atoms with Gasteiger partial charge in [-0.3, -0.25) is 14.4 Å². The van der Waals surface area contributed by atoms with Crippen LogP contribution in [0.3, 0.4) is 0 Å². The molecule has 4 aromatic rings. The van der Waals surface area contributed by atoms with Crippen LogP contribution in [0.2, 0.25) is 0 Å². The SMILES string of the molecule is CC(=O)Oc1ccc(N2C(=O)CC(N(Cc3ccc(F)cc3)S(=O)(=O)c3ccc4ccccc4c3)C2=O)cc1. The molecule has 0 bridgehead atoms. The van der Waals surface area contributed by atoms with E-state index in [0.717, 1.165) is 14.6 Å². The molecule has 1 aliphatic heterocycles. The van der Waals surface area contributed by atoms with Crippen LogP contribution in [0.25, 0.3) is 10.8 Å². The van der Waals surface area contributed by atoms with E-state index < -0.39 is 39.7 Å². The number of anilines is 1. The number of ether oxygens (including phenoxy) is 1. The molecule has 0 spiro atoms. The van der Waals surface area contributed by atoms with E-state index in [0.29, 0.717) is 10.9 Å². The normalized spacial score (nSPS) is 15.8. The number of esters is 1. The molecular formula is C29H23FN2O6S. The third-order valence-electron chi connectivity index (χ3n) is 6.41. The first-order chi connectivity index (χ1) is 18.6. The average molecular weight is 547 g/mol. The number of imide groups is 1. The zero-order valence-corrected chi connectivity index (χ0v) is 21.6. The molecule has 1 atom stereocenters. The summed E-state index contributed by atoms with van der Waals surface area (Å²) >= 11 is 0. The lowest BCUT2D eigenvalue weighted by molar-refractivity contribution is -0.132. The van der Waals surface area contributed by atoms with Crippen molar-refractivity contribution in [1.29, 1.82) is 0 Å². The van der Waals surface area contributed by atoms with Crippen molar-refractivity contribution in [2.24, 2.45) is 0 Å². The van der Waals surface area contributed by atoms with Gasteiger partial charge >= 0.3 is 5.97 Å². The van der Waals surface area contributed by atoms with Gasteiger partial charge in [0.25, 0.3) is 5.91 Å². The molecule has 198 valence electrons. The predicted molar refractivity (Wildman–Crippen MR) is 142 cm³/mol. The maximum Gasteiger partial charge on any atom is 0.308 e. The summed E-state index contributed by atoms with van der Waals surface area (Å²) in [5, 5.41) is 1.54. The minimum absolute atomic E-state index is 0.0345. The van der Waals surface area contributed by atoms with Crippen molar-refractivity contribution >= 4 is 44.3 Å². The Morgan fingerprint density at radius 3 is 2.28 bits per heavy atom. The topological polar surface area (TPSA) is 101 Å². The van der Waals surface area contributed by atoms with Crippen LogP contribution in [0.5, 0.6) is 5.75 Å². The zero-order valence-electron chi connectivity index (χ0n) is 20.8. The average Bonchev–Trinajstić information content (AvgIpc) is 3.21. The lowest BCUT2D eigenvalue weighted by atomic mass is 10.1. The second kappa shape index (κ2) is 10.4. The maximum atomic E-state index is 14.0. The van der Waals surface area contributed by atoms with Gasteiger partial charge in [-0.2, -0.15) is 4.31 Å². The van der Waals surface area contributed by atoms with Gasteiger partial charge in [0.05, 0.1) is 17.0 Å². The van der Waals surface area contributed by atoms with Gasteiger partial charge in [0, 0.05) is 13.5 Å². The minimum Gasteiger partial charge on any atom is -0.427 e. The number of sulfonamides is 1. The highest BCUT2D eigenvalue weighted by Gasteiger charge is 2.47. The van der Waals surface area contributed by atoms with E-state index in [1.807, 2.05) is 12.1 Å². The highest BCUT2D eigenvalue weighted by Crippen LogP contribution is 2.32. The van der Waals surface area contributed by atoms with Crippen molar-refractivity contribution in [3.05, 3.63) is 102 Å². The number of benzene rings is 4. The van der Waals surface area contributed by atoms with Gasteiger partial charge in [-0.25, -0.2) is 17.7 Å². The lowest BCUT2D eigenvalue weighted by Gasteiger charge is -2.27. The number of rotatable bonds is 7. The number of amides is 2. The van der Waals surface area contributed by atoms with Crippen LogP contribution in [0.4, 0.5) is 10.1 Å². The van der Waals surface area contributed by atoms with Crippen LogP contribution in [0, 0.1) is 5.82 Å². The summed E-state index contributed by atoms with van der Waals surface area (Å²) in [4.78, 5) is 38.8. The van der Waals surface area contributed by atoms with Gasteiger partial charge in [0.15, 0.2) is 0 Å². The van der Waals surface area contributed by atoms with Gasteiger partial charge < -0.3 is 4.74 Å². The van der Waals surface area contributed by atoms with E-state index in [1.54, 1.807) is 18.2 Å². The van der Waals surface area contributed by atoms with E-state index in [2.05, 4.69) is 0 Å². The molecule has 4 aromatic carbocycles. The smallest absolute Gasteiger partial charge is 0.308 e. The van der Waals surface area contributed by atoms with Crippen LogP contribution in [-0.4, -0.2) is 36.5 Å². The van der Waals surface area contributed by atoms with Gasteiger partial charge in [0.2, 0.25) is 15.9 Å². The van der Waals surface area contributed by atoms with E-state index in [1.165, 1.54) is 67.6 Å². The highest BCUT2D eigenvalue weighted by molar-refractivity contribution is 7.89. The molecule has 39 heavy (non-hydrogen) atoms. The summed E-state index contributed by atoms with van der Waals surface area (Å²) in [5.41, 5.74) is 0.665. The van der Waals surface area contributed by atoms with Crippen LogP contribution >= 0.6 is 0 Å². The van der Waals surface area contributed by atoms with Gasteiger partial charge in [0.1, 0.15) is 17.6 Å². The molecule has 10 heteroatoms. The van der Waals surface area contributed by atoms with E-state index >= 15 is 0 Å². The number of hydrogen-bond acceptors (Lipinski definition) is 6. The lowest BCUT2D eigenvalue weighted by Crippen LogP contribution is -2.45. The molecule has 0 N–H and O–H groups in total. The van der Waals surface area contributed by atoms with Crippen molar-refractivity contribution in [1.82, 2.24) is 4.31 Å². The molecular weight excluding hydrogens is 523 g/mol. The summed E-state index contributed by atoms with van der Waals surface area (Å²) in [6, 6.07) is 21.6. The molecule has 1 unspecified atom stereocenters. The Morgan fingerprint density at radius 1 is 0.949 bits per heavy atom. The van der Waals surface area contributed by atoms with E-state index in [4.69, 9.17) is 4.74 Å². The molecule has 1 aliphatic rings. The van der Waals surface area contributed by atoms with Crippen LogP contribution in [0.15, 0.2) is 95.9 Å². The summed E-state index contributed by atoms with van der Waals surface area (Å²) in [7, 11) is -4.28. The minimum atomic E-state index is -4.28. The molecule has 1 fully saturated rings. The maximum absolute atomic E-state index is 14.0. The van der Waals surface area contributed by atoms with Crippen LogP contribution < -0.4 is 9.64 Å². The highest BCUT2D eigenvalue weighted by atomic mass is 32.2. The van der Waals surface area contributed by atoms with Gasteiger partial charge in [-0.05, 0) is 64.9 Å². The quantitative estimate of drug-likeness (QED) is 0.193. The number of carbonyl (C=O) groups excluding carboxylic acids is 3. The summed E-state index contributed by atoms with van der Waals surface area (Å²) in [5.74, 6) is -2.07. The fourth-order valence-corrected chi connectivity index (χ4v) is 6.14. The third kappa shape index (κ3) is 5.29. The van der Waals surface area contributed by atoms with E-state index in [-0.39, 0.29) is 29.3 Å². The first-order valence-electron chi connectivity index (χ1n) is 12.0. The molecule has 0 saturated carbocycles. The Bertz CT molecular complexity index is 1690. The zero-order chi connectivity index (χ0) is 27.7. The number of carbonyl (C=O) groups is 3. The Labute approximate surface area is 224 Å². The molecule has 8 nitrogen and oxygen atoms in total. The number of halogens is 1. The molecule has 2 amide bonds. The second-order valence-electron chi connectivity index (χ2n) is 9.06. The number of fused-ring (bicyclic) bond motifs is 1. The largest absolute Gasteiger partial charge is 0.427 e. The summed E-state index contributed by atoms with van der Waals surface area (Å²) < 4.78 is 47.6. The molecule has 1 saturated heterocycles. The third-order valence-corrected chi connectivity index (χ3v) is 8.26. The van der Waals surface area contributed by atoms with E-state index in [9.17, 15) is 27.2 Å². The Morgan fingerprint density at radius 2 is 1.62 bits per heavy atom. The fourth-order valence-electron chi connectivity index (χ4n) is 4.54. The summed E-state index contributed by atoms with van der Waals surface area (Å²) in [6.45, 7) is 0.996. The van der Waals surface area contributed by atoms with Gasteiger partial charge in [-0.15, -0.1) is 0 Å². The molecule has 1 heterocycles. The first-order valence-corrected chi connectivity index (χ1v) is 13.5. The Kier molecular flexibility index (Phi) is 6.98. The molecule has 0 aliphatic carbocycles. The van der Waals surface area contributed by atoms with Crippen LogP contribution in [0.1, 0.15) is 18.9 Å². The second-order valence-corrected chi connectivity index (χ2v) is 11.0. The predicted octanol–water partition coefficient (Wildman–Crippen LogP) is 4.43. The van der Waals surface area contributed by atoms with Crippen molar-refractivity contribution in [2.45, 2.75) is 30.8 Å². The van der Waals surface area contributed by atoms with Crippen molar-refractivity contribution in [3.63, 3.8) is 0 Å². The first kappa shape index (κ1) is 26.2. The van der Waals surface area contributed by atoms with Gasteiger partial charge in [-0.1, -0.05) is 42.5 Å². The number of hydrogen-bond donors (Lipinski definition) is 0. The van der Waals surface area contributed by atoms with Crippen molar-refractivity contribution in [3.8, 4) is 5.75 Å². The molecule has 0 radical (unpaired) electrons.